The Hall–Kier alpha value is -0.910. The van der Waals surface area contributed by atoms with E-state index in [9.17, 15) is 0 Å². The van der Waals surface area contributed by atoms with Crippen LogP contribution in [-0.4, -0.2) is 15.7 Å². The molecule has 0 amide bonds. The fourth-order valence-electron chi connectivity index (χ4n) is 2.00. The van der Waals surface area contributed by atoms with Crippen molar-refractivity contribution < 1.29 is 0 Å². The number of thiophene rings is 1. The Kier molecular flexibility index (Phi) is 4.38. The third-order valence-corrected chi connectivity index (χ3v) is 5.54. The molecule has 0 atom stereocenters. The molecule has 0 spiro atoms. The van der Waals surface area contributed by atoms with Crippen molar-refractivity contribution >= 4 is 49.2 Å². The SMILES string of the molecule is CCCSc1ncnc2scc(-c3ccc(Br)cc3)c12. The van der Waals surface area contributed by atoms with Gasteiger partial charge in [-0.05, 0) is 29.9 Å². The molecule has 5 heteroatoms. The molecule has 0 fully saturated rings. The van der Waals surface area contributed by atoms with E-state index >= 15 is 0 Å². The number of fused-ring (bicyclic) bond motifs is 1. The first-order chi connectivity index (χ1) is 9.79. The molecule has 3 aromatic rings. The van der Waals surface area contributed by atoms with E-state index < -0.39 is 0 Å². The molecule has 0 saturated heterocycles. The van der Waals surface area contributed by atoms with E-state index in [4.69, 9.17) is 0 Å². The van der Waals surface area contributed by atoms with E-state index in [1.165, 1.54) is 16.5 Å². The lowest BCUT2D eigenvalue weighted by atomic mass is 10.1. The van der Waals surface area contributed by atoms with Crippen LogP contribution in [0.25, 0.3) is 21.3 Å². The largest absolute Gasteiger partial charge is 0.229 e. The smallest absolute Gasteiger partial charge is 0.128 e. The molecular weight excluding hydrogens is 352 g/mol. The molecule has 0 N–H and O–H groups in total. The molecule has 0 aliphatic heterocycles. The lowest BCUT2D eigenvalue weighted by molar-refractivity contribution is 1.08. The number of benzene rings is 1. The number of rotatable bonds is 4. The molecule has 2 nitrogen and oxygen atoms in total. The Labute approximate surface area is 134 Å². The van der Waals surface area contributed by atoms with Crippen LogP contribution in [0.2, 0.25) is 0 Å². The van der Waals surface area contributed by atoms with E-state index in [1.807, 2.05) is 11.8 Å². The molecule has 2 heterocycles. The first kappa shape index (κ1) is 14.0. The predicted molar refractivity (Wildman–Crippen MR) is 91.6 cm³/mol. The van der Waals surface area contributed by atoms with Gasteiger partial charge in [-0.25, -0.2) is 9.97 Å². The Bertz CT molecular complexity index is 722. The predicted octanol–water partition coefficient (Wildman–Crippen LogP) is 5.62. The Morgan fingerprint density at radius 3 is 2.75 bits per heavy atom. The van der Waals surface area contributed by atoms with Gasteiger partial charge >= 0.3 is 0 Å². The Balaban J connectivity index is 2.13. The van der Waals surface area contributed by atoms with Crippen LogP contribution >= 0.6 is 39.0 Å². The normalized spacial score (nSPS) is 11.1. The quantitative estimate of drug-likeness (QED) is 0.443. The second-order valence-corrected chi connectivity index (χ2v) is 7.22. The highest BCUT2D eigenvalue weighted by atomic mass is 79.9. The van der Waals surface area contributed by atoms with E-state index in [0.717, 1.165) is 26.5 Å². The monoisotopic (exact) mass is 364 g/mol. The first-order valence-corrected chi connectivity index (χ1v) is 9.06. The minimum atomic E-state index is 1.07. The number of halogens is 1. The fourth-order valence-corrected chi connectivity index (χ4v) is 4.11. The van der Waals surface area contributed by atoms with Crippen molar-refractivity contribution in [2.75, 3.05) is 5.75 Å². The molecule has 1 aromatic carbocycles. The van der Waals surface area contributed by atoms with Crippen LogP contribution < -0.4 is 0 Å². The maximum atomic E-state index is 4.47. The molecule has 2 aromatic heterocycles. The zero-order valence-corrected chi connectivity index (χ0v) is 14.2. The highest BCUT2D eigenvalue weighted by molar-refractivity contribution is 9.10. The molecule has 102 valence electrons. The summed E-state index contributed by atoms with van der Waals surface area (Å²) < 4.78 is 1.10. The summed E-state index contributed by atoms with van der Waals surface area (Å²) >= 11 is 6.98. The summed E-state index contributed by atoms with van der Waals surface area (Å²) in [4.78, 5) is 9.93. The molecule has 3 rings (SSSR count). The van der Waals surface area contributed by atoms with E-state index in [0.29, 0.717) is 0 Å². The first-order valence-electron chi connectivity index (χ1n) is 6.40. The number of nitrogens with zero attached hydrogens (tertiary/aromatic N) is 2. The highest BCUT2D eigenvalue weighted by Crippen LogP contribution is 2.38. The van der Waals surface area contributed by atoms with Crippen LogP contribution in [0.1, 0.15) is 13.3 Å². The summed E-state index contributed by atoms with van der Waals surface area (Å²) in [5.41, 5.74) is 2.45. The minimum absolute atomic E-state index is 1.07. The molecule has 0 unspecified atom stereocenters. The van der Waals surface area contributed by atoms with Gasteiger partial charge < -0.3 is 0 Å². The summed E-state index contributed by atoms with van der Waals surface area (Å²) in [5, 5.41) is 4.47. The molecule has 0 saturated carbocycles. The minimum Gasteiger partial charge on any atom is -0.229 e. The zero-order valence-electron chi connectivity index (χ0n) is 11.0. The van der Waals surface area contributed by atoms with Gasteiger partial charge in [0.2, 0.25) is 0 Å². The van der Waals surface area contributed by atoms with Crippen molar-refractivity contribution in [2.45, 2.75) is 18.4 Å². The van der Waals surface area contributed by atoms with Crippen LogP contribution in [-0.2, 0) is 0 Å². The molecule has 20 heavy (non-hydrogen) atoms. The lowest BCUT2D eigenvalue weighted by Gasteiger charge is -2.04. The lowest BCUT2D eigenvalue weighted by Crippen LogP contribution is -1.86. The number of aromatic nitrogens is 2. The van der Waals surface area contributed by atoms with Crippen LogP contribution in [0, 0.1) is 0 Å². The second kappa shape index (κ2) is 6.24. The third-order valence-electron chi connectivity index (χ3n) is 2.93. The van der Waals surface area contributed by atoms with Gasteiger partial charge in [0.1, 0.15) is 16.2 Å². The number of hydrogen-bond acceptors (Lipinski definition) is 4. The van der Waals surface area contributed by atoms with Crippen LogP contribution in [0.5, 0.6) is 0 Å². The fraction of sp³-hybridized carbons (Fsp3) is 0.200. The standard InChI is InChI=1S/C15H13BrN2S2/c1-2-7-19-14-13-12(8-20-15(13)18-9-17-14)10-3-5-11(16)6-4-10/h3-6,8-9H,2,7H2,1H3. The van der Waals surface area contributed by atoms with E-state index in [2.05, 4.69) is 62.5 Å². The molecule has 0 aliphatic rings. The van der Waals surface area contributed by atoms with Crippen molar-refractivity contribution in [3.05, 3.63) is 40.4 Å². The summed E-state index contributed by atoms with van der Waals surface area (Å²) in [6.07, 6.45) is 2.82. The molecule has 0 bridgehead atoms. The highest BCUT2D eigenvalue weighted by Gasteiger charge is 2.13. The maximum absolute atomic E-state index is 4.47. The topological polar surface area (TPSA) is 25.8 Å². The van der Waals surface area contributed by atoms with Gasteiger partial charge in [0.25, 0.3) is 0 Å². The van der Waals surface area contributed by atoms with Crippen molar-refractivity contribution in [2.24, 2.45) is 0 Å². The van der Waals surface area contributed by atoms with Crippen LogP contribution in [0.15, 0.2) is 45.5 Å². The number of hydrogen-bond donors (Lipinski definition) is 0. The molecule has 0 radical (unpaired) electrons. The Morgan fingerprint density at radius 2 is 2.00 bits per heavy atom. The summed E-state index contributed by atoms with van der Waals surface area (Å²) in [6, 6.07) is 8.41. The van der Waals surface area contributed by atoms with Crippen LogP contribution in [0.4, 0.5) is 0 Å². The van der Waals surface area contributed by atoms with Gasteiger partial charge in [0, 0.05) is 15.4 Å². The average Bonchev–Trinajstić information content (AvgIpc) is 2.90. The van der Waals surface area contributed by atoms with Gasteiger partial charge in [0.15, 0.2) is 0 Å². The number of thioether (sulfide) groups is 1. The van der Waals surface area contributed by atoms with Gasteiger partial charge in [-0.2, -0.15) is 0 Å². The summed E-state index contributed by atoms with van der Waals surface area (Å²) in [7, 11) is 0. The molecule has 0 aliphatic carbocycles. The second-order valence-electron chi connectivity index (χ2n) is 4.36. The van der Waals surface area contributed by atoms with Crippen molar-refractivity contribution in [1.82, 2.24) is 9.97 Å². The van der Waals surface area contributed by atoms with Gasteiger partial charge in [-0.15, -0.1) is 23.1 Å². The van der Waals surface area contributed by atoms with E-state index in [1.54, 1.807) is 17.7 Å². The van der Waals surface area contributed by atoms with Gasteiger partial charge in [-0.1, -0.05) is 35.0 Å². The molecular formula is C15H13BrN2S2. The van der Waals surface area contributed by atoms with E-state index in [-0.39, 0.29) is 0 Å². The van der Waals surface area contributed by atoms with Crippen LogP contribution in [0.3, 0.4) is 0 Å². The van der Waals surface area contributed by atoms with Gasteiger partial charge in [0.05, 0.1) is 5.39 Å². The third kappa shape index (κ3) is 2.75. The maximum Gasteiger partial charge on any atom is 0.128 e. The average molecular weight is 365 g/mol. The van der Waals surface area contributed by atoms with Crippen molar-refractivity contribution in [3.8, 4) is 11.1 Å². The van der Waals surface area contributed by atoms with Crippen molar-refractivity contribution in [1.29, 1.82) is 0 Å². The summed E-state index contributed by atoms with van der Waals surface area (Å²) in [5.74, 6) is 1.09. The van der Waals surface area contributed by atoms with Gasteiger partial charge in [-0.3, -0.25) is 0 Å². The Morgan fingerprint density at radius 1 is 1.20 bits per heavy atom. The summed E-state index contributed by atoms with van der Waals surface area (Å²) in [6.45, 7) is 2.19. The van der Waals surface area contributed by atoms with Crippen molar-refractivity contribution in [3.63, 3.8) is 0 Å². The zero-order chi connectivity index (χ0) is 13.9.